The van der Waals surface area contributed by atoms with Gasteiger partial charge in [-0.25, -0.2) is 5.11 Å². The first kappa shape index (κ1) is 11.5. The summed E-state index contributed by atoms with van der Waals surface area (Å²) in [7, 11) is 0. The Morgan fingerprint density at radius 3 is 2.25 bits per heavy atom. The highest BCUT2D eigenvalue weighted by Crippen LogP contribution is 2.05. The van der Waals surface area contributed by atoms with Crippen LogP contribution in [-0.2, 0) is 5.11 Å². The minimum Gasteiger partial charge on any atom is -0.223 e. The zero-order valence-corrected chi connectivity index (χ0v) is 8.07. The molecule has 0 saturated heterocycles. The lowest BCUT2D eigenvalue weighted by Crippen LogP contribution is -1.78. The fraction of sp³-hybridized carbons (Fsp3) is 0.818. The van der Waals surface area contributed by atoms with Crippen LogP contribution in [0.4, 0.5) is 0 Å². The van der Waals surface area contributed by atoms with Gasteiger partial charge in [0, 0.05) is 6.42 Å². The van der Waals surface area contributed by atoms with Gasteiger partial charge in [-0.05, 0) is 6.42 Å². The van der Waals surface area contributed by atoms with Crippen molar-refractivity contribution < 1.29 is 5.11 Å². The molecular formula is C11H19O. The predicted molar refractivity (Wildman–Crippen MR) is 51.3 cm³/mol. The average molecular weight is 167 g/mol. The summed E-state index contributed by atoms with van der Waals surface area (Å²) < 4.78 is 0. The molecule has 0 aliphatic heterocycles. The Balaban J connectivity index is 2.91. The molecule has 0 spiro atoms. The maximum absolute atomic E-state index is 9.93. The summed E-state index contributed by atoms with van der Waals surface area (Å²) in [4.78, 5) is 0. The number of hydrogen-bond donors (Lipinski definition) is 0. The van der Waals surface area contributed by atoms with E-state index in [4.69, 9.17) is 0 Å². The Labute approximate surface area is 76.2 Å². The molecule has 0 fully saturated rings. The number of hydrogen-bond acceptors (Lipinski definition) is 0. The highest BCUT2D eigenvalue weighted by Gasteiger charge is 1.87. The van der Waals surface area contributed by atoms with Crippen LogP contribution in [-0.4, -0.2) is 6.61 Å². The lowest BCUT2D eigenvalue weighted by atomic mass is 10.1. The molecule has 0 N–H and O–H groups in total. The molecular weight excluding hydrogens is 148 g/mol. The van der Waals surface area contributed by atoms with E-state index < -0.39 is 0 Å². The van der Waals surface area contributed by atoms with E-state index in [2.05, 4.69) is 18.8 Å². The summed E-state index contributed by atoms with van der Waals surface area (Å²) in [6.07, 6.45) is 8.68. The van der Waals surface area contributed by atoms with Crippen molar-refractivity contribution in [3.05, 3.63) is 0 Å². The molecule has 0 unspecified atom stereocenters. The quantitative estimate of drug-likeness (QED) is 0.428. The highest BCUT2D eigenvalue weighted by atomic mass is 16.2. The van der Waals surface area contributed by atoms with Gasteiger partial charge in [0.2, 0.25) is 0 Å². The van der Waals surface area contributed by atoms with Crippen LogP contribution in [0.2, 0.25) is 0 Å². The smallest absolute Gasteiger partial charge is 0.143 e. The average Bonchev–Trinajstić information content (AvgIpc) is 2.10. The molecule has 1 heteroatoms. The van der Waals surface area contributed by atoms with Gasteiger partial charge in [-0.3, -0.25) is 0 Å². The van der Waals surface area contributed by atoms with Crippen LogP contribution in [0.25, 0.3) is 0 Å². The lowest BCUT2D eigenvalue weighted by molar-refractivity contribution is 0.239. The molecule has 0 aliphatic rings. The summed E-state index contributed by atoms with van der Waals surface area (Å²) in [6, 6.07) is 0. The zero-order chi connectivity index (χ0) is 9.07. The molecule has 0 aliphatic carbocycles. The van der Waals surface area contributed by atoms with Crippen molar-refractivity contribution in [1.29, 1.82) is 0 Å². The van der Waals surface area contributed by atoms with Crippen LogP contribution in [0.5, 0.6) is 0 Å². The van der Waals surface area contributed by atoms with Gasteiger partial charge in [0.15, 0.2) is 0 Å². The molecule has 0 heterocycles. The van der Waals surface area contributed by atoms with Crippen molar-refractivity contribution in [3.63, 3.8) is 0 Å². The van der Waals surface area contributed by atoms with Gasteiger partial charge in [0.1, 0.15) is 6.61 Å². The first-order valence-electron chi connectivity index (χ1n) is 4.95. The van der Waals surface area contributed by atoms with Crippen molar-refractivity contribution in [1.82, 2.24) is 0 Å². The molecule has 0 saturated carbocycles. The van der Waals surface area contributed by atoms with Crippen LogP contribution in [0.1, 0.15) is 51.9 Å². The number of unbranched alkanes of at least 4 members (excludes halogenated alkanes) is 6. The van der Waals surface area contributed by atoms with Gasteiger partial charge in [-0.15, -0.1) is 5.92 Å². The predicted octanol–water partition coefficient (Wildman–Crippen LogP) is 3.17. The minimum atomic E-state index is -0.240. The van der Waals surface area contributed by atoms with Crippen LogP contribution < -0.4 is 0 Å². The van der Waals surface area contributed by atoms with E-state index in [1.165, 1.54) is 32.1 Å². The van der Waals surface area contributed by atoms with Gasteiger partial charge in [-0.1, -0.05) is 44.9 Å². The Kier molecular flexibility index (Phi) is 10.1. The zero-order valence-electron chi connectivity index (χ0n) is 8.07. The molecule has 1 radical (unpaired) electrons. The van der Waals surface area contributed by atoms with Crippen molar-refractivity contribution >= 4 is 0 Å². The van der Waals surface area contributed by atoms with Gasteiger partial charge in [0.25, 0.3) is 0 Å². The monoisotopic (exact) mass is 167 g/mol. The van der Waals surface area contributed by atoms with Crippen molar-refractivity contribution in [2.45, 2.75) is 51.9 Å². The Morgan fingerprint density at radius 2 is 1.58 bits per heavy atom. The van der Waals surface area contributed by atoms with E-state index >= 15 is 0 Å². The molecule has 1 nitrogen and oxygen atoms in total. The fourth-order valence-corrected chi connectivity index (χ4v) is 1.13. The van der Waals surface area contributed by atoms with Gasteiger partial charge < -0.3 is 0 Å². The second-order valence-electron chi connectivity index (χ2n) is 3.02. The van der Waals surface area contributed by atoms with E-state index in [1.807, 2.05) is 0 Å². The summed E-state index contributed by atoms with van der Waals surface area (Å²) in [6.45, 7) is 1.98. The molecule has 12 heavy (non-hydrogen) atoms. The Bertz CT molecular complexity index is 130. The fourth-order valence-electron chi connectivity index (χ4n) is 1.13. The van der Waals surface area contributed by atoms with Crippen LogP contribution in [0.3, 0.4) is 0 Å². The maximum Gasteiger partial charge on any atom is 0.143 e. The number of rotatable bonds is 6. The van der Waals surface area contributed by atoms with E-state index in [1.54, 1.807) is 0 Å². The first-order valence-corrected chi connectivity index (χ1v) is 4.95. The Morgan fingerprint density at radius 1 is 0.917 bits per heavy atom. The van der Waals surface area contributed by atoms with Gasteiger partial charge in [-0.2, -0.15) is 0 Å². The first-order chi connectivity index (χ1) is 5.91. The van der Waals surface area contributed by atoms with Crippen molar-refractivity contribution in [3.8, 4) is 11.8 Å². The molecule has 0 atom stereocenters. The van der Waals surface area contributed by atoms with Crippen LogP contribution in [0.15, 0.2) is 0 Å². The summed E-state index contributed by atoms with van der Waals surface area (Å²) in [5.41, 5.74) is 0. The Hall–Kier alpha value is -0.480. The lowest BCUT2D eigenvalue weighted by Gasteiger charge is -1.96. The third kappa shape index (κ3) is 9.52. The second kappa shape index (κ2) is 10.5. The highest BCUT2D eigenvalue weighted by molar-refractivity contribution is 4.97. The van der Waals surface area contributed by atoms with Gasteiger partial charge in [0.05, 0.1) is 0 Å². The SMILES string of the molecule is CCCCCCCCC#CC[O]. The normalized spacial score (nSPS) is 9.17. The van der Waals surface area contributed by atoms with E-state index in [0.717, 1.165) is 12.8 Å². The molecule has 0 amide bonds. The van der Waals surface area contributed by atoms with E-state index in [9.17, 15) is 5.11 Å². The molecule has 0 rings (SSSR count). The third-order valence-corrected chi connectivity index (χ3v) is 1.85. The van der Waals surface area contributed by atoms with E-state index in [0.29, 0.717) is 0 Å². The van der Waals surface area contributed by atoms with Gasteiger partial charge >= 0.3 is 0 Å². The minimum absolute atomic E-state index is 0.240. The molecule has 69 valence electrons. The third-order valence-electron chi connectivity index (χ3n) is 1.85. The summed E-state index contributed by atoms with van der Waals surface area (Å²) in [5, 5.41) is 9.93. The largest absolute Gasteiger partial charge is 0.223 e. The molecule has 0 aromatic rings. The summed E-state index contributed by atoms with van der Waals surface area (Å²) >= 11 is 0. The molecule has 0 aromatic carbocycles. The molecule has 0 bridgehead atoms. The van der Waals surface area contributed by atoms with E-state index in [-0.39, 0.29) is 6.61 Å². The topological polar surface area (TPSA) is 19.9 Å². The maximum atomic E-state index is 9.93. The summed E-state index contributed by atoms with van der Waals surface area (Å²) in [5.74, 6) is 5.41. The van der Waals surface area contributed by atoms with Crippen LogP contribution >= 0.6 is 0 Å². The molecule has 0 aromatic heterocycles. The second-order valence-corrected chi connectivity index (χ2v) is 3.02. The standard InChI is InChI=1S/C11H19O/c1-2-3-4-5-6-7-8-9-10-11-12/h2-8,11H2,1H3. The van der Waals surface area contributed by atoms with Crippen molar-refractivity contribution in [2.75, 3.05) is 6.61 Å². The van der Waals surface area contributed by atoms with Crippen molar-refractivity contribution in [2.24, 2.45) is 0 Å². The van der Waals surface area contributed by atoms with Crippen LogP contribution in [0, 0.1) is 11.8 Å².